The van der Waals surface area contributed by atoms with Crippen LogP contribution in [0.1, 0.15) is 69.5 Å². The molecular formula is C25H33Cl2N3O. The third kappa shape index (κ3) is 5.09. The first-order valence-corrected chi connectivity index (χ1v) is 11.7. The predicted molar refractivity (Wildman–Crippen MR) is 130 cm³/mol. The molecule has 1 aliphatic heterocycles. The van der Waals surface area contributed by atoms with Crippen LogP contribution >= 0.6 is 23.2 Å². The average molecular weight is 462 g/mol. The van der Waals surface area contributed by atoms with Crippen LogP contribution in [0.4, 0.5) is 0 Å². The zero-order valence-corrected chi connectivity index (χ0v) is 20.0. The lowest BCUT2D eigenvalue weighted by Crippen LogP contribution is -2.58. The van der Waals surface area contributed by atoms with E-state index in [1.54, 1.807) is 0 Å². The van der Waals surface area contributed by atoms with E-state index < -0.39 is 11.6 Å². The van der Waals surface area contributed by atoms with Gasteiger partial charge in [0.1, 0.15) is 6.23 Å². The van der Waals surface area contributed by atoms with Gasteiger partial charge in [0, 0.05) is 39.9 Å². The number of nitrogens with one attached hydrogen (secondary N) is 1. The summed E-state index contributed by atoms with van der Waals surface area (Å²) < 4.78 is 0. The largest absolute Gasteiger partial charge is 0.388 e. The molecular weight excluding hydrogens is 429 g/mol. The highest BCUT2D eigenvalue weighted by Crippen LogP contribution is 2.54. The fourth-order valence-electron chi connectivity index (χ4n) is 5.28. The summed E-state index contributed by atoms with van der Waals surface area (Å²) in [5.74, 6) is 0.175. The first-order chi connectivity index (χ1) is 14.7. The van der Waals surface area contributed by atoms with Crippen LogP contribution < -0.4 is 5.73 Å². The lowest BCUT2D eigenvalue weighted by Gasteiger charge is -2.56. The molecule has 0 bridgehead atoms. The molecule has 2 aromatic carbocycles. The second-order valence-corrected chi connectivity index (χ2v) is 9.88. The van der Waals surface area contributed by atoms with Gasteiger partial charge in [0.25, 0.3) is 0 Å². The van der Waals surface area contributed by atoms with Crippen molar-refractivity contribution in [3.05, 3.63) is 69.7 Å². The number of likely N-dealkylation sites (tertiary alicyclic amines) is 1. The summed E-state index contributed by atoms with van der Waals surface area (Å²) >= 11 is 12.6. The van der Waals surface area contributed by atoms with E-state index in [1.807, 2.05) is 37.3 Å². The van der Waals surface area contributed by atoms with Crippen LogP contribution in [0.15, 0.2) is 48.5 Å². The quantitative estimate of drug-likeness (QED) is 0.331. The fourth-order valence-corrected chi connectivity index (χ4v) is 5.60. The molecule has 1 unspecified atom stereocenters. The van der Waals surface area contributed by atoms with Gasteiger partial charge in [-0.15, -0.1) is 0 Å². The molecule has 0 aliphatic carbocycles. The number of amidine groups is 1. The van der Waals surface area contributed by atoms with E-state index >= 15 is 0 Å². The van der Waals surface area contributed by atoms with Crippen LogP contribution in [0.2, 0.25) is 10.0 Å². The molecule has 2 aromatic rings. The Balaban J connectivity index is 2.21. The number of hydrogen-bond acceptors (Lipinski definition) is 3. The molecule has 6 heteroatoms. The van der Waals surface area contributed by atoms with Crippen LogP contribution in [0, 0.1) is 10.8 Å². The Morgan fingerprint density at radius 3 is 2.32 bits per heavy atom. The Morgan fingerprint density at radius 2 is 1.77 bits per heavy atom. The van der Waals surface area contributed by atoms with Crippen molar-refractivity contribution in [1.29, 1.82) is 5.41 Å². The minimum atomic E-state index is -0.725. The first kappa shape index (κ1) is 24.1. The molecule has 1 saturated heterocycles. The van der Waals surface area contributed by atoms with E-state index in [-0.39, 0.29) is 23.8 Å². The van der Waals surface area contributed by atoms with Crippen molar-refractivity contribution in [2.45, 2.75) is 70.7 Å². The maximum absolute atomic E-state index is 11.7. The zero-order valence-electron chi connectivity index (χ0n) is 18.5. The highest BCUT2D eigenvalue weighted by molar-refractivity contribution is 6.30. The topological polar surface area (TPSA) is 73.3 Å². The number of aliphatic hydroxyl groups excluding tert-OH is 1. The summed E-state index contributed by atoms with van der Waals surface area (Å²) in [5, 5.41) is 21.0. The SMILES string of the molecule is CCC(CC)N1C(O)[C@@](C)(CC(=N)N)C[C@H](c2cccc(Cl)c2)[C@H]1c1ccc(Cl)cc1. The van der Waals surface area contributed by atoms with E-state index in [1.165, 1.54) is 0 Å². The Morgan fingerprint density at radius 1 is 1.13 bits per heavy atom. The van der Waals surface area contributed by atoms with Crippen molar-refractivity contribution >= 4 is 29.0 Å². The van der Waals surface area contributed by atoms with E-state index in [4.69, 9.17) is 34.3 Å². The molecule has 1 aliphatic rings. The van der Waals surface area contributed by atoms with Crippen LogP contribution in [0.25, 0.3) is 0 Å². The monoisotopic (exact) mass is 461 g/mol. The van der Waals surface area contributed by atoms with Crippen molar-refractivity contribution in [1.82, 2.24) is 4.90 Å². The maximum Gasteiger partial charge on any atom is 0.114 e. The van der Waals surface area contributed by atoms with Crippen molar-refractivity contribution < 1.29 is 5.11 Å². The van der Waals surface area contributed by atoms with E-state index in [2.05, 4.69) is 36.9 Å². The average Bonchev–Trinajstić information content (AvgIpc) is 2.72. The predicted octanol–water partition coefficient (Wildman–Crippen LogP) is 6.36. The minimum Gasteiger partial charge on any atom is -0.388 e. The van der Waals surface area contributed by atoms with E-state index in [0.29, 0.717) is 22.9 Å². The van der Waals surface area contributed by atoms with Crippen LogP contribution in [0.3, 0.4) is 0 Å². The number of rotatable bonds is 7. The van der Waals surface area contributed by atoms with Gasteiger partial charge >= 0.3 is 0 Å². The second kappa shape index (κ2) is 9.91. The number of nitrogens with zero attached hydrogens (tertiary/aromatic N) is 1. The van der Waals surface area contributed by atoms with Gasteiger partial charge < -0.3 is 10.8 Å². The van der Waals surface area contributed by atoms with Crippen molar-refractivity contribution in [3.63, 3.8) is 0 Å². The van der Waals surface area contributed by atoms with Gasteiger partial charge in [0.05, 0.1) is 5.84 Å². The Hall–Kier alpha value is -1.59. The molecule has 1 fully saturated rings. The van der Waals surface area contributed by atoms with Gasteiger partial charge in [-0.1, -0.05) is 68.2 Å². The molecule has 1 heterocycles. The molecule has 168 valence electrons. The second-order valence-electron chi connectivity index (χ2n) is 9.01. The third-order valence-electron chi connectivity index (χ3n) is 6.74. The summed E-state index contributed by atoms with van der Waals surface area (Å²) in [6.45, 7) is 6.36. The molecule has 0 saturated carbocycles. The van der Waals surface area contributed by atoms with Gasteiger partial charge in [-0.3, -0.25) is 10.3 Å². The molecule has 0 radical (unpaired) electrons. The van der Waals surface area contributed by atoms with Gasteiger partial charge in [-0.25, -0.2) is 0 Å². The first-order valence-electron chi connectivity index (χ1n) is 11.0. The van der Waals surface area contributed by atoms with Crippen LogP contribution in [-0.2, 0) is 0 Å². The summed E-state index contributed by atoms with van der Waals surface area (Å²) in [6.07, 6.45) is 2.14. The molecule has 4 nitrogen and oxygen atoms in total. The van der Waals surface area contributed by atoms with Gasteiger partial charge in [0.2, 0.25) is 0 Å². The number of hydrogen-bond donors (Lipinski definition) is 3. The van der Waals surface area contributed by atoms with Crippen molar-refractivity contribution in [3.8, 4) is 0 Å². The van der Waals surface area contributed by atoms with Crippen LogP contribution in [-0.4, -0.2) is 28.1 Å². The zero-order chi connectivity index (χ0) is 22.8. The minimum absolute atomic E-state index is 0.0457. The van der Waals surface area contributed by atoms with Crippen LogP contribution in [0.5, 0.6) is 0 Å². The number of nitrogens with two attached hydrogens (primary N) is 1. The Bertz CT molecular complexity index is 900. The summed E-state index contributed by atoms with van der Waals surface area (Å²) in [5.41, 5.74) is 7.54. The van der Waals surface area contributed by atoms with Crippen molar-refractivity contribution in [2.75, 3.05) is 0 Å². The van der Waals surface area contributed by atoms with E-state index in [9.17, 15) is 5.11 Å². The van der Waals surface area contributed by atoms with Gasteiger partial charge in [-0.05, 0) is 54.7 Å². The Labute approximate surface area is 195 Å². The lowest BCUT2D eigenvalue weighted by molar-refractivity contribution is -0.164. The normalized spacial score (nSPS) is 26.9. The standard InChI is InChI=1S/C25H33Cl2N3O/c1-4-20(5-2)30-23(16-9-11-18(26)12-10-16)21(17-7-6-8-19(27)13-17)14-25(3,24(30)31)15-22(28)29/h6-13,20-21,23-24,31H,4-5,14-15H2,1-3H3,(H3,28,29)/t21-,23-,24?,25-/m1/s1. The molecule has 4 N–H and O–H groups in total. The number of benzene rings is 2. The number of aliphatic hydroxyl groups is 1. The van der Waals surface area contributed by atoms with Gasteiger partial charge in [0.15, 0.2) is 0 Å². The highest BCUT2D eigenvalue weighted by atomic mass is 35.5. The van der Waals surface area contributed by atoms with Gasteiger partial charge in [-0.2, -0.15) is 0 Å². The number of piperidine rings is 1. The molecule has 0 amide bonds. The lowest BCUT2D eigenvalue weighted by atomic mass is 9.66. The molecule has 0 spiro atoms. The maximum atomic E-state index is 11.7. The molecule has 3 rings (SSSR count). The highest BCUT2D eigenvalue weighted by Gasteiger charge is 2.51. The molecule has 4 atom stereocenters. The Kier molecular flexibility index (Phi) is 7.69. The van der Waals surface area contributed by atoms with E-state index in [0.717, 1.165) is 24.0 Å². The molecule has 31 heavy (non-hydrogen) atoms. The molecule has 0 aromatic heterocycles. The smallest absolute Gasteiger partial charge is 0.114 e. The summed E-state index contributed by atoms with van der Waals surface area (Å²) in [7, 11) is 0. The third-order valence-corrected chi connectivity index (χ3v) is 7.23. The summed E-state index contributed by atoms with van der Waals surface area (Å²) in [4.78, 5) is 2.25. The summed E-state index contributed by atoms with van der Waals surface area (Å²) in [6, 6.07) is 16.1. The number of halogens is 2. The fraction of sp³-hybridized carbons (Fsp3) is 0.480. The van der Waals surface area contributed by atoms with Crippen molar-refractivity contribution in [2.24, 2.45) is 11.1 Å².